The molecule has 1 aliphatic carbocycles. The number of rotatable bonds is 1. The molecular weight excluding hydrogens is 152 g/mol. The van der Waals surface area contributed by atoms with Gasteiger partial charge in [0.2, 0.25) is 0 Å². The number of carbonyl (C=O) groups is 1. The fraction of sp³-hybridized carbons (Fsp3) is 0.900. The van der Waals surface area contributed by atoms with Crippen LogP contribution in [0.2, 0.25) is 0 Å². The Morgan fingerprint density at radius 3 is 2.42 bits per heavy atom. The van der Waals surface area contributed by atoms with E-state index in [-0.39, 0.29) is 5.60 Å². The lowest BCUT2D eigenvalue weighted by Crippen LogP contribution is -2.39. The third-order valence-corrected chi connectivity index (χ3v) is 3.94. The second kappa shape index (κ2) is 2.11. The molecule has 0 aromatic rings. The van der Waals surface area contributed by atoms with E-state index in [1.54, 1.807) is 0 Å². The van der Waals surface area contributed by atoms with Gasteiger partial charge in [0.15, 0.2) is 6.29 Å². The second-order valence-corrected chi connectivity index (χ2v) is 4.65. The molecular formula is C10H16O2. The molecule has 1 heterocycles. The molecule has 2 aliphatic rings. The summed E-state index contributed by atoms with van der Waals surface area (Å²) in [5.41, 5.74) is -0.521. The van der Waals surface area contributed by atoms with Gasteiger partial charge >= 0.3 is 0 Å². The van der Waals surface area contributed by atoms with Crippen LogP contribution in [0.1, 0.15) is 33.6 Å². The minimum Gasteiger partial charge on any atom is -0.361 e. The van der Waals surface area contributed by atoms with Crippen LogP contribution in [0.5, 0.6) is 0 Å². The van der Waals surface area contributed by atoms with E-state index < -0.39 is 5.60 Å². The number of hydrogen-bond acceptors (Lipinski definition) is 2. The number of aldehydes is 1. The molecule has 4 unspecified atom stereocenters. The van der Waals surface area contributed by atoms with Crippen LogP contribution >= 0.6 is 0 Å². The highest BCUT2D eigenvalue weighted by Crippen LogP contribution is 2.56. The fourth-order valence-electron chi connectivity index (χ4n) is 2.96. The van der Waals surface area contributed by atoms with E-state index in [0.717, 1.165) is 19.1 Å². The van der Waals surface area contributed by atoms with Gasteiger partial charge in [0.1, 0.15) is 5.60 Å². The van der Waals surface area contributed by atoms with Crippen molar-refractivity contribution in [3.05, 3.63) is 0 Å². The standard InChI is InChI=1S/C10H16O2/c1-7-8-4-5-9(7,2)12-10(8,3)6-11/h6-8H,4-5H2,1-3H3. The highest BCUT2D eigenvalue weighted by atomic mass is 16.5. The Balaban J connectivity index is 2.35. The largest absolute Gasteiger partial charge is 0.361 e. The number of carbonyl (C=O) groups excluding carboxylic acids is 1. The van der Waals surface area contributed by atoms with Crippen molar-refractivity contribution in [2.24, 2.45) is 11.8 Å². The average Bonchev–Trinajstić information content (AvgIpc) is 2.38. The first-order chi connectivity index (χ1) is 5.52. The van der Waals surface area contributed by atoms with Crippen molar-refractivity contribution in [1.82, 2.24) is 0 Å². The van der Waals surface area contributed by atoms with E-state index in [1.165, 1.54) is 0 Å². The molecule has 68 valence electrons. The van der Waals surface area contributed by atoms with Crippen LogP contribution in [0, 0.1) is 11.8 Å². The Labute approximate surface area is 73.3 Å². The van der Waals surface area contributed by atoms with Gasteiger partial charge in [-0.15, -0.1) is 0 Å². The van der Waals surface area contributed by atoms with Gasteiger partial charge in [0.05, 0.1) is 5.60 Å². The number of ether oxygens (including phenoxy) is 1. The van der Waals surface area contributed by atoms with Crippen LogP contribution in [0.15, 0.2) is 0 Å². The predicted molar refractivity (Wildman–Crippen MR) is 45.8 cm³/mol. The molecule has 0 aromatic carbocycles. The van der Waals surface area contributed by atoms with Gasteiger partial charge < -0.3 is 9.53 Å². The van der Waals surface area contributed by atoms with Crippen LogP contribution in [0.25, 0.3) is 0 Å². The minimum absolute atomic E-state index is 0.0275. The summed E-state index contributed by atoms with van der Waals surface area (Å²) in [5.74, 6) is 0.979. The Morgan fingerprint density at radius 1 is 1.50 bits per heavy atom. The van der Waals surface area contributed by atoms with E-state index in [2.05, 4.69) is 13.8 Å². The van der Waals surface area contributed by atoms with E-state index in [0.29, 0.717) is 11.8 Å². The third-order valence-electron chi connectivity index (χ3n) is 3.94. The van der Waals surface area contributed by atoms with Gasteiger partial charge in [-0.2, -0.15) is 0 Å². The highest BCUT2D eigenvalue weighted by Gasteiger charge is 2.60. The number of fused-ring (bicyclic) bond motifs is 2. The van der Waals surface area contributed by atoms with Crippen molar-refractivity contribution >= 4 is 6.29 Å². The topological polar surface area (TPSA) is 26.3 Å². The Bertz CT molecular complexity index is 226. The van der Waals surface area contributed by atoms with Crippen molar-refractivity contribution in [3.63, 3.8) is 0 Å². The molecule has 2 fully saturated rings. The van der Waals surface area contributed by atoms with Crippen LogP contribution < -0.4 is 0 Å². The van der Waals surface area contributed by atoms with E-state index in [9.17, 15) is 4.79 Å². The maximum absolute atomic E-state index is 10.9. The number of hydrogen-bond donors (Lipinski definition) is 0. The molecule has 0 N–H and O–H groups in total. The fourth-order valence-corrected chi connectivity index (χ4v) is 2.96. The van der Waals surface area contributed by atoms with Gasteiger partial charge in [0, 0.05) is 0 Å². The second-order valence-electron chi connectivity index (χ2n) is 4.65. The monoisotopic (exact) mass is 168 g/mol. The first-order valence-corrected chi connectivity index (χ1v) is 4.68. The smallest absolute Gasteiger partial charge is 0.151 e. The SMILES string of the molecule is CC1C2CCC1(C)OC2(C)C=O. The lowest BCUT2D eigenvalue weighted by Gasteiger charge is -2.32. The molecule has 2 bridgehead atoms. The van der Waals surface area contributed by atoms with E-state index in [1.807, 2.05) is 6.92 Å². The first-order valence-electron chi connectivity index (χ1n) is 4.68. The maximum Gasteiger partial charge on any atom is 0.151 e. The molecule has 12 heavy (non-hydrogen) atoms. The van der Waals surface area contributed by atoms with Crippen molar-refractivity contribution in [1.29, 1.82) is 0 Å². The van der Waals surface area contributed by atoms with Crippen LogP contribution in [0.4, 0.5) is 0 Å². The zero-order valence-corrected chi connectivity index (χ0v) is 7.96. The molecule has 0 spiro atoms. The van der Waals surface area contributed by atoms with Gasteiger partial charge in [-0.05, 0) is 38.5 Å². The summed E-state index contributed by atoms with van der Waals surface area (Å²) in [6.07, 6.45) is 3.24. The van der Waals surface area contributed by atoms with Crippen molar-refractivity contribution in [2.75, 3.05) is 0 Å². The zero-order valence-electron chi connectivity index (χ0n) is 7.96. The van der Waals surface area contributed by atoms with E-state index >= 15 is 0 Å². The summed E-state index contributed by atoms with van der Waals surface area (Å²) in [7, 11) is 0. The zero-order chi connectivity index (χ0) is 8.98. The van der Waals surface area contributed by atoms with Gasteiger partial charge in [-0.25, -0.2) is 0 Å². The van der Waals surface area contributed by atoms with Crippen molar-refractivity contribution in [3.8, 4) is 0 Å². The molecule has 0 aromatic heterocycles. The molecule has 4 atom stereocenters. The molecule has 2 rings (SSSR count). The molecule has 2 nitrogen and oxygen atoms in total. The summed E-state index contributed by atoms with van der Waals surface area (Å²) in [6, 6.07) is 0. The first kappa shape index (κ1) is 8.24. The summed E-state index contributed by atoms with van der Waals surface area (Å²) in [5, 5.41) is 0. The summed E-state index contributed by atoms with van der Waals surface area (Å²) in [4.78, 5) is 10.9. The predicted octanol–water partition coefficient (Wildman–Crippen LogP) is 1.78. The lowest BCUT2D eigenvalue weighted by molar-refractivity contribution is -0.149. The highest BCUT2D eigenvalue weighted by molar-refractivity contribution is 5.64. The van der Waals surface area contributed by atoms with Crippen molar-refractivity contribution < 1.29 is 9.53 Å². The Kier molecular flexibility index (Phi) is 1.45. The maximum atomic E-state index is 10.9. The summed E-state index contributed by atoms with van der Waals surface area (Å²) in [6.45, 7) is 6.25. The molecule has 0 radical (unpaired) electrons. The normalized spacial score (nSPS) is 57.6. The molecule has 1 saturated heterocycles. The average molecular weight is 168 g/mol. The molecule has 1 saturated carbocycles. The van der Waals surface area contributed by atoms with Crippen LogP contribution in [-0.2, 0) is 9.53 Å². The van der Waals surface area contributed by atoms with Crippen molar-refractivity contribution in [2.45, 2.75) is 44.8 Å². The van der Waals surface area contributed by atoms with Crippen LogP contribution in [0.3, 0.4) is 0 Å². The molecule has 1 aliphatic heterocycles. The summed E-state index contributed by atoms with van der Waals surface area (Å²) >= 11 is 0. The Hall–Kier alpha value is -0.370. The third kappa shape index (κ3) is 0.764. The van der Waals surface area contributed by atoms with Gasteiger partial charge in [0.25, 0.3) is 0 Å². The minimum atomic E-state index is -0.494. The van der Waals surface area contributed by atoms with E-state index in [4.69, 9.17) is 4.74 Å². The summed E-state index contributed by atoms with van der Waals surface area (Å²) < 4.78 is 5.83. The van der Waals surface area contributed by atoms with Gasteiger partial charge in [-0.3, -0.25) is 0 Å². The Morgan fingerprint density at radius 2 is 2.17 bits per heavy atom. The van der Waals surface area contributed by atoms with Crippen LogP contribution in [-0.4, -0.2) is 17.5 Å². The molecule has 0 amide bonds. The van der Waals surface area contributed by atoms with Gasteiger partial charge in [-0.1, -0.05) is 6.92 Å². The molecule has 2 heteroatoms. The quantitative estimate of drug-likeness (QED) is 0.558. The lowest BCUT2D eigenvalue weighted by atomic mass is 9.84.